The number of methoxy groups -OCH3 is 1. The molecule has 0 unspecified atom stereocenters. The highest BCUT2D eigenvalue weighted by Crippen LogP contribution is 2.23. The lowest BCUT2D eigenvalue weighted by atomic mass is 10.2. The molecule has 130 valence electrons. The number of aromatic nitrogens is 4. The molecule has 3 aromatic heterocycles. The van der Waals surface area contributed by atoms with Gasteiger partial charge in [0.15, 0.2) is 0 Å². The summed E-state index contributed by atoms with van der Waals surface area (Å²) in [5.74, 6) is 0.668. The van der Waals surface area contributed by atoms with Crippen LogP contribution in [0.1, 0.15) is 0 Å². The number of rotatable bonds is 5. The lowest BCUT2D eigenvalue weighted by Crippen LogP contribution is -2.20. The standard InChI is InChI=1S/C19H16N4O3/c1-25-11-10-23-12-14(7-9-17(23)24)18-21-22-19(26-18)16-8-6-13-4-2-3-5-15(13)20-16/h2-9,12H,10-11H2,1H3. The van der Waals surface area contributed by atoms with Crippen LogP contribution in [0, 0.1) is 0 Å². The van der Waals surface area contributed by atoms with E-state index in [0.717, 1.165) is 10.9 Å². The number of hydrogen-bond acceptors (Lipinski definition) is 6. The van der Waals surface area contributed by atoms with Crippen molar-refractivity contribution in [3.63, 3.8) is 0 Å². The summed E-state index contributed by atoms with van der Waals surface area (Å²) in [5, 5.41) is 9.23. The third-order valence-electron chi connectivity index (χ3n) is 4.01. The predicted molar refractivity (Wildman–Crippen MR) is 96.6 cm³/mol. The Morgan fingerprint density at radius 2 is 1.88 bits per heavy atom. The number of para-hydroxylation sites is 1. The minimum Gasteiger partial charge on any atom is -0.415 e. The van der Waals surface area contributed by atoms with Crippen molar-refractivity contribution in [2.45, 2.75) is 6.54 Å². The summed E-state index contributed by atoms with van der Waals surface area (Å²) in [5.41, 5.74) is 2.02. The van der Waals surface area contributed by atoms with E-state index in [1.165, 1.54) is 6.07 Å². The van der Waals surface area contributed by atoms with Crippen molar-refractivity contribution in [1.82, 2.24) is 19.7 Å². The van der Waals surface area contributed by atoms with E-state index >= 15 is 0 Å². The molecule has 0 aliphatic heterocycles. The molecule has 0 aliphatic rings. The molecule has 7 nitrogen and oxygen atoms in total. The monoisotopic (exact) mass is 348 g/mol. The van der Waals surface area contributed by atoms with Crippen LogP contribution in [0.4, 0.5) is 0 Å². The molecule has 1 aromatic carbocycles. The second-order valence-corrected chi connectivity index (χ2v) is 5.74. The molecular weight excluding hydrogens is 332 g/mol. The summed E-state index contributed by atoms with van der Waals surface area (Å²) in [6.45, 7) is 0.899. The summed E-state index contributed by atoms with van der Waals surface area (Å²) in [7, 11) is 1.59. The molecule has 26 heavy (non-hydrogen) atoms. The van der Waals surface area contributed by atoms with Crippen molar-refractivity contribution in [1.29, 1.82) is 0 Å². The quantitative estimate of drug-likeness (QED) is 0.551. The molecule has 0 spiro atoms. The molecule has 0 aliphatic carbocycles. The van der Waals surface area contributed by atoms with Gasteiger partial charge in [0.05, 0.1) is 17.7 Å². The van der Waals surface area contributed by atoms with Crippen molar-refractivity contribution < 1.29 is 9.15 Å². The fraction of sp³-hybridized carbons (Fsp3) is 0.158. The third kappa shape index (κ3) is 3.12. The zero-order valence-electron chi connectivity index (χ0n) is 14.1. The topological polar surface area (TPSA) is 83.0 Å². The first-order chi connectivity index (χ1) is 12.7. The van der Waals surface area contributed by atoms with Gasteiger partial charge in [0.1, 0.15) is 5.69 Å². The van der Waals surface area contributed by atoms with Gasteiger partial charge < -0.3 is 13.7 Å². The van der Waals surface area contributed by atoms with Gasteiger partial charge in [-0.25, -0.2) is 4.98 Å². The summed E-state index contributed by atoms with van der Waals surface area (Å²) < 4.78 is 12.3. The number of ether oxygens (including phenoxy) is 1. The van der Waals surface area contributed by atoms with Crippen LogP contribution in [0.5, 0.6) is 0 Å². The van der Waals surface area contributed by atoms with Gasteiger partial charge in [-0.05, 0) is 18.2 Å². The number of nitrogens with zero attached hydrogens (tertiary/aromatic N) is 4. The average Bonchev–Trinajstić information content (AvgIpc) is 3.17. The molecule has 0 saturated carbocycles. The van der Waals surface area contributed by atoms with E-state index in [-0.39, 0.29) is 5.56 Å². The zero-order chi connectivity index (χ0) is 17.9. The van der Waals surface area contributed by atoms with E-state index in [2.05, 4.69) is 15.2 Å². The van der Waals surface area contributed by atoms with Crippen LogP contribution in [-0.2, 0) is 11.3 Å². The van der Waals surface area contributed by atoms with Gasteiger partial charge in [0.2, 0.25) is 5.89 Å². The maximum Gasteiger partial charge on any atom is 0.266 e. The van der Waals surface area contributed by atoms with Crippen LogP contribution in [-0.4, -0.2) is 33.5 Å². The van der Waals surface area contributed by atoms with Crippen molar-refractivity contribution in [3.8, 4) is 23.0 Å². The number of benzene rings is 1. The lowest BCUT2D eigenvalue weighted by molar-refractivity contribution is 0.186. The minimum atomic E-state index is -0.110. The molecule has 0 fully saturated rings. The summed E-state index contributed by atoms with van der Waals surface area (Å²) in [6.07, 6.45) is 1.69. The molecule has 7 heteroatoms. The Kier molecular flexibility index (Phi) is 4.28. The average molecular weight is 348 g/mol. The van der Waals surface area contributed by atoms with Gasteiger partial charge in [0.25, 0.3) is 11.4 Å². The smallest absolute Gasteiger partial charge is 0.266 e. The van der Waals surface area contributed by atoms with E-state index in [0.29, 0.717) is 36.2 Å². The highest BCUT2D eigenvalue weighted by molar-refractivity contribution is 5.80. The SMILES string of the molecule is COCCn1cc(-c2nnc(-c3ccc4ccccc4n3)o2)ccc1=O. The molecule has 0 N–H and O–H groups in total. The maximum atomic E-state index is 11.9. The van der Waals surface area contributed by atoms with E-state index in [4.69, 9.17) is 9.15 Å². The number of fused-ring (bicyclic) bond motifs is 1. The van der Waals surface area contributed by atoms with Crippen molar-refractivity contribution in [2.75, 3.05) is 13.7 Å². The molecule has 3 heterocycles. The van der Waals surface area contributed by atoms with Gasteiger partial charge in [-0.15, -0.1) is 10.2 Å². The van der Waals surface area contributed by atoms with Crippen molar-refractivity contribution >= 4 is 10.9 Å². The van der Waals surface area contributed by atoms with Crippen LogP contribution in [0.15, 0.2) is 63.9 Å². The maximum absolute atomic E-state index is 11.9. The van der Waals surface area contributed by atoms with E-state index in [9.17, 15) is 4.79 Å². The normalized spacial score (nSPS) is 11.1. The molecule has 0 bridgehead atoms. The Balaban J connectivity index is 1.68. The summed E-state index contributed by atoms with van der Waals surface area (Å²) in [4.78, 5) is 16.4. The highest BCUT2D eigenvalue weighted by Gasteiger charge is 2.13. The fourth-order valence-electron chi connectivity index (χ4n) is 2.65. The van der Waals surface area contributed by atoms with Gasteiger partial charge in [0, 0.05) is 31.3 Å². The van der Waals surface area contributed by atoms with Crippen LogP contribution in [0.2, 0.25) is 0 Å². The first-order valence-electron chi connectivity index (χ1n) is 8.14. The summed E-state index contributed by atoms with van der Waals surface area (Å²) in [6, 6.07) is 14.8. The van der Waals surface area contributed by atoms with Gasteiger partial charge in [-0.3, -0.25) is 4.79 Å². The first-order valence-corrected chi connectivity index (χ1v) is 8.14. The molecular formula is C19H16N4O3. The van der Waals surface area contributed by atoms with Crippen LogP contribution in [0.3, 0.4) is 0 Å². The third-order valence-corrected chi connectivity index (χ3v) is 4.01. The van der Waals surface area contributed by atoms with Crippen molar-refractivity contribution in [3.05, 3.63) is 65.1 Å². The largest absolute Gasteiger partial charge is 0.415 e. The first kappa shape index (κ1) is 16.2. The Bertz CT molecular complexity index is 1120. The second-order valence-electron chi connectivity index (χ2n) is 5.74. The van der Waals surface area contributed by atoms with Crippen LogP contribution < -0.4 is 5.56 Å². The second kappa shape index (κ2) is 6.89. The van der Waals surface area contributed by atoms with Gasteiger partial charge in [-0.1, -0.05) is 24.3 Å². The Morgan fingerprint density at radius 3 is 2.77 bits per heavy atom. The highest BCUT2D eigenvalue weighted by atomic mass is 16.5. The Morgan fingerprint density at radius 1 is 1.04 bits per heavy atom. The Labute approximate surface area is 148 Å². The van der Waals surface area contributed by atoms with E-state index < -0.39 is 0 Å². The van der Waals surface area contributed by atoms with Crippen LogP contribution >= 0.6 is 0 Å². The molecule has 4 aromatic rings. The molecule has 4 rings (SSSR count). The summed E-state index contributed by atoms with van der Waals surface area (Å²) >= 11 is 0. The molecule has 0 amide bonds. The zero-order valence-corrected chi connectivity index (χ0v) is 14.1. The van der Waals surface area contributed by atoms with E-state index in [1.807, 2.05) is 36.4 Å². The van der Waals surface area contributed by atoms with Crippen LogP contribution in [0.25, 0.3) is 33.9 Å². The van der Waals surface area contributed by atoms with Gasteiger partial charge in [-0.2, -0.15) is 0 Å². The molecule has 0 radical (unpaired) electrons. The van der Waals surface area contributed by atoms with Crippen molar-refractivity contribution in [2.24, 2.45) is 0 Å². The number of hydrogen-bond donors (Lipinski definition) is 0. The fourth-order valence-corrected chi connectivity index (χ4v) is 2.65. The van der Waals surface area contributed by atoms with Gasteiger partial charge >= 0.3 is 0 Å². The Hall–Kier alpha value is -3.32. The number of pyridine rings is 2. The molecule has 0 saturated heterocycles. The minimum absolute atomic E-state index is 0.110. The lowest BCUT2D eigenvalue weighted by Gasteiger charge is -2.05. The molecule has 0 atom stereocenters. The predicted octanol–water partition coefficient (Wildman–Crippen LogP) is 2.76. The van der Waals surface area contributed by atoms with E-state index in [1.54, 1.807) is 23.9 Å².